The summed E-state index contributed by atoms with van der Waals surface area (Å²) in [6.45, 7) is 11.3. The van der Waals surface area contributed by atoms with E-state index >= 15 is 0 Å². The Morgan fingerprint density at radius 1 is 1.53 bits per heavy atom. The highest BCUT2D eigenvalue weighted by atomic mass is 28.3. The van der Waals surface area contributed by atoms with E-state index in [1.54, 1.807) is 0 Å². The Balaban J connectivity index is 4.42. The number of esters is 1. The molecule has 1 N–H and O–H groups in total. The van der Waals surface area contributed by atoms with Gasteiger partial charge >= 0.3 is 5.97 Å². The van der Waals surface area contributed by atoms with E-state index in [9.17, 15) is 9.90 Å². The first-order valence-electron chi connectivity index (χ1n) is 5.72. The van der Waals surface area contributed by atoms with Crippen molar-refractivity contribution in [1.29, 1.82) is 0 Å². The Labute approximate surface area is 105 Å². The molecule has 0 aliphatic heterocycles. The summed E-state index contributed by atoms with van der Waals surface area (Å²) in [5.41, 5.74) is 3.21. The molecule has 3 nitrogen and oxygen atoms in total. The van der Waals surface area contributed by atoms with Crippen LogP contribution in [0.25, 0.3) is 0 Å². The van der Waals surface area contributed by atoms with Gasteiger partial charge in [-0.15, -0.1) is 18.0 Å². The highest BCUT2D eigenvalue weighted by Gasteiger charge is 2.15. The van der Waals surface area contributed by atoms with Gasteiger partial charge in [0, 0.05) is 19.8 Å². The van der Waals surface area contributed by atoms with Crippen molar-refractivity contribution in [3.8, 4) is 11.5 Å². The minimum atomic E-state index is -1.40. The summed E-state index contributed by atoms with van der Waals surface area (Å²) in [5.74, 6) is 2.70. The zero-order valence-electron chi connectivity index (χ0n) is 11.1. The number of hydrogen-bond acceptors (Lipinski definition) is 3. The molecule has 2 atom stereocenters. The summed E-state index contributed by atoms with van der Waals surface area (Å²) in [5, 5.41) is 9.45. The standard InChI is InChI=1S/C13H22O3Si/c1-6-12(15)10-13(16-11(2)14)8-7-9-17(3,4)5/h6,12-13,15H,1,8,10H2,2-5H3/t12-,13-/m1/s1. The SMILES string of the molecule is C=C[C@@H](O)C[C@@H](CC#C[Si](C)(C)C)OC(C)=O. The highest BCUT2D eigenvalue weighted by molar-refractivity contribution is 6.83. The lowest BCUT2D eigenvalue weighted by Crippen LogP contribution is -2.22. The monoisotopic (exact) mass is 254 g/mol. The first kappa shape index (κ1) is 15.9. The molecule has 4 heteroatoms. The van der Waals surface area contributed by atoms with Crippen molar-refractivity contribution >= 4 is 14.0 Å². The molecule has 0 saturated heterocycles. The summed E-state index contributed by atoms with van der Waals surface area (Å²) in [6, 6.07) is 0. The molecular weight excluding hydrogens is 232 g/mol. The number of carbonyl (C=O) groups is 1. The van der Waals surface area contributed by atoms with Gasteiger partial charge in [-0.1, -0.05) is 25.7 Å². The molecule has 17 heavy (non-hydrogen) atoms. The van der Waals surface area contributed by atoms with Crippen LogP contribution in [0.2, 0.25) is 19.6 Å². The Hall–Kier alpha value is -1.05. The van der Waals surface area contributed by atoms with E-state index in [1.807, 2.05) is 0 Å². The van der Waals surface area contributed by atoms with Gasteiger partial charge in [-0.2, -0.15) is 0 Å². The minimum Gasteiger partial charge on any atom is -0.461 e. The van der Waals surface area contributed by atoms with Crippen molar-refractivity contribution in [1.82, 2.24) is 0 Å². The van der Waals surface area contributed by atoms with Crippen LogP contribution in [0.5, 0.6) is 0 Å². The maximum Gasteiger partial charge on any atom is 0.302 e. The molecule has 0 radical (unpaired) electrons. The Morgan fingerprint density at radius 3 is 2.53 bits per heavy atom. The van der Waals surface area contributed by atoms with E-state index in [0.29, 0.717) is 12.8 Å². The third-order valence-electron chi connectivity index (χ3n) is 1.90. The van der Waals surface area contributed by atoms with Crippen molar-refractivity contribution in [3.05, 3.63) is 12.7 Å². The first-order valence-corrected chi connectivity index (χ1v) is 9.22. The molecule has 0 aliphatic carbocycles. The van der Waals surface area contributed by atoms with Gasteiger partial charge in [-0.25, -0.2) is 0 Å². The van der Waals surface area contributed by atoms with E-state index in [-0.39, 0.29) is 12.1 Å². The van der Waals surface area contributed by atoms with Crippen molar-refractivity contribution in [2.45, 2.75) is 51.6 Å². The second kappa shape index (κ2) is 7.31. The van der Waals surface area contributed by atoms with Crippen LogP contribution >= 0.6 is 0 Å². The van der Waals surface area contributed by atoms with Crippen LogP contribution in [0.15, 0.2) is 12.7 Å². The lowest BCUT2D eigenvalue weighted by atomic mass is 10.1. The Kier molecular flexibility index (Phi) is 6.85. The van der Waals surface area contributed by atoms with E-state index < -0.39 is 14.2 Å². The fourth-order valence-electron chi connectivity index (χ4n) is 1.20. The quantitative estimate of drug-likeness (QED) is 0.354. The fraction of sp³-hybridized carbons (Fsp3) is 0.615. The van der Waals surface area contributed by atoms with Crippen molar-refractivity contribution in [2.24, 2.45) is 0 Å². The predicted octanol–water partition coefficient (Wildman–Crippen LogP) is 2.13. The van der Waals surface area contributed by atoms with Crippen LogP contribution in [0.4, 0.5) is 0 Å². The molecule has 0 aromatic heterocycles. The van der Waals surface area contributed by atoms with Gasteiger partial charge in [-0.3, -0.25) is 4.79 Å². The van der Waals surface area contributed by atoms with Crippen LogP contribution in [0, 0.1) is 11.5 Å². The maximum absolute atomic E-state index is 10.9. The molecule has 0 aromatic carbocycles. The van der Waals surface area contributed by atoms with Gasteiger partial charge in [0.1, 0.15) is 14.2 Å². The van der Waals surface area contributed by atoms with Gasteiger partial charge in [0.25, 0.3) is 0 Å². The van der Waals surface area contributed by atoms with Crippen molar-refractivity contribution in [3.63, 3.8) is 0 Å². The zero-order chi connectivity index (χ0) is 13.5. The Morgan fingerprint density at radius 2 is 2.12 bits per heavy atom. The normalized spacial score (nSPS) is 14.2. The average molecular weight is 254 g/mol. The largest absolute Gasteiger partial charge is 0.461 e. The lowest BCUT2D eigenvalue weighted by molar-refractivity contribution is -0.147. The molecule has 96 valence electrons. The molecule has 0 unspecified atom stereocenters. The summed E-state index contributed by atoms with van der Waals surface area (Å²) in [6.07, 6.45) is 1.23. The van der Waals surface area contributed by atoms with E-state index in [4.69, 9.17) is 4.74 Å². The molecule has 0 amide bonds. The maximum atomic E-state index is 10.9. The van der Waals surface area contributed by atoms with E-state index in [0.717, 1.165) is 0 Å². The van der Waals surface area contributed by atoms with Gasteiger partial charge < -0.3 is 9.84 Å². The minimum absolute atomic E-state index is 0.346. The summed E-state index contributed by atoms with van der Waals surface area (Å²) in [7, 11) is -1.40. The van der Waals surface area contributed by atoms with Gasteiger partial charge in [0.2, 0.25) is 0 Å². The van der Waals surface area contributed by atoms with Crippen LogP contribution < -0.4 is 0 Å². The number of hydrogen-bond donors (Lipinski definition) is 1. The summed E-state index contributed by atoms with van der Waals surface area (Å²) < 4.78 is 5.10. The number of rotatable bonds is 5. The number of ether oxygens (including phenoxy) is 1. The molecule has 0 saturated carbocycles. The molecule has 0 spiro atoms. The van der Waals surface area contributed by atoms with Gasteiger partial charge in [0.05, 0.1) is 6.10 Å². The lowest BCUT2D eigenvalue weighted by Gasteiger charge is -2.16. The molecule has 0 rings (SSSR count). The van der Waals surface area contributed by atoms with Gasteiger partial charge in [-0.05, 0) is 0 Å². The van der Waals surface area contributed by atoms with Crippen LogP contribution in [0.3, 0.4) is 0 Å². The Bertz CT molecular complexity index is 320. The topological polar surface area (TPSA) is 46.5 Å². The third-order valence-corrected chi connectivity index (χ3v) is 2.83. The number of carbonyl (C=O) groups excluding carboxylic acids is 1. The molecule has 0 aromatic rings. The van der Waals surface area contributed by atoms with Crippen LogP contribution in [-0.4, -0.2) is 31.4 Å². The van der Waals surface area contributed by atoms with Crippen LogP contribution in [0.1, 0.15) is 19.8 Å². The molecule has 0 fully saturated rings. The van der Waals surface area contributed by atoms with Crippen molar-refractivity contribution < 1.29 is 14.6 Å². The molecule has 0 heterocycles. The number of aliphatic hydroxyl groups is 1. The average Bonchev–Trinajstić information content (AvgIpc) is 2.14. The molecule has 0 aliphatic rings. The second-order valence-electron chi connectivity index (χ2n) is 5.03. The van der Waals surface area contributed by atoms with Crippen molar-refractivity contribution in [2.75, 3.05) is 0 Å². The third kappa shape index (κ3) is 9.85. The van der Waals surface area contributed by atoms with Crippen LogP contribution in [-0.2, 0) is 9.53 Å². The predicted molar refractivity (Wildman–Crippen MR) is 72.1 cm³/mol. The van der Waals surface area contributed by atoms with E-state index in [1.165, 1.54) is 13.0 Å². The zero-order valence-corrected chi connectivity index (χ0v) is 12.1. The fourth-order valence-corrected chi connectivity index (χ4v) is 1.84. The highest BCUT2D eigenvalue weighted by Crippen LogP contribution is 2.09. The molecule has 0 bridgehead atoms. The molecular formula is C13H22O3Si. The smallest absolute Gasteiger partial charge is 0.302 e. The summed E-state index contributed by atoms with van der Waals surface area (Å²) in [4.78, 5) is 10.9. The van der Waals surface area contributed by atoms with E-state index in [2.05, 4.69) is 37.7 Å². The summed E-state index contributed by atoms with van der Waals surface area (Å²) >= 11 is 0. The van der Waals surface area contributed by atoms with Gasteiger partial charge in [0.15, 0.2) is 0 Å². The number of aliphatic hydroxyl groups excluding tert-OH is 1. The second-order valence-corrected chi connectivity index (χ2v) is 9.78. The first-order chi connectivity index (χ1) is 7.74.